The van der Waals surface area contributed by atoms with Crippen LogP contribution in [0.5, 0.6) is 0 Å². The van der Waals surface area contributed by atoms with Crippen LogP contribution in [0.1, 0.15) is 29.8 Å². The number of hydrogen-bond donors (Lipinski definition) is 1. The van der Waals surface area contributed by atoms with Crippen molar-refractivity contribution < 1.29 is 37.0 Å². The first-order chi connectivity index (χ1) is 11.0. The van der Waals surface area contributed by atoms with Gasteiger partial charge in [0.1, 0.15) is 0 Å². The fraction of sp³-hybridized carbons (Fsp3) is 0.267. The van der Waals surface area contributed by atoms with Crippen molar-refractivity contribution in [2.24, 2.45) is 0 Å². The van der Waals surface area contributed by atoms with Crippen LogP contribution in [0.4, 0.5) is 13.2 Å². The average Bonchev–Trinajstić information content (AvgIpc) is 2.44. The molecule has 0 bridgehead atoms. The van der Waals surface area contributed by atoms with Gasteiger partial charge in [-0.15, -0.1) is 0 Å². The topological polar surface area (TPSA) is 81.7 Å². The SMILES string of the molecule is CC1(C)OC(=O)C(=CNC(=O)c2ccc(C(F)(F)F)cc2)C(=O)O1. The first-order valence-electron chi connectivity index (χ1n) is 6.64. The van der Waals surface area contributed by atoms with Crippen LogP contribution in [0.3, 0.4) is 0 Å². The Labute approximate surface area is 134 Å². The summed E-state index contributed by atoms with van der Waals surface area (Å²) >= 11 is 0. The molecular formula is C15H12F3NO5. The van der Waals surface area contributed by atoms with Crippen molar-refractivity contribution in [2.75, 3.05) is 0 Å². The van der Waals surface area contributed by atoms with Crippen LogP contribution in [-0.2, 0) is 25.2 Å². The second-order valence-electron chi connectivity index (χ2n) is 5.29. The molecule has 1 aromatic rings. The molecule has 0 radical (unpaired) electrons. The highest BCUT2D eigenvalue weighted by Crippen LogP contribution is 2.29. The summed E-state index contributed by atoms with van der Waals surface area (Å²) in [5.41, 5.74) is -1.52. The Bertz CT molecular complexity index is 698. The summed E-state index contributed by atoms with van der Waals surface area (Å²) in [6.07, 6.45) is -3.72. The number of hydrogen-bond acceptors (Lipinski definition) is 5. The number of ether oxygens (including phenoxy) is 2. The summed E-state index contributed by atoms with van der Waals surface area (Å²) in [5.74, 6) is -4.18. The molecule has 0 unspecified atom stereocenters. The molecule has 0 atom stereocenters. The van der Waals surface area contributed by atoms with Crippen molar-refractivity contribution in [3.8, 4) is 0 Å². The van der Waals surface area contributed by atoms with Gasteiger partial charge in [0.15, 0.2) is 5.57 Å². The van der Waals surface area contributed by atoms with Crippen molar-refractivity contribution in [2.45, 2.75) is 25.8 Å². The first-order valence-corrected chi connectivity index (χ1v) is 6.64. The highest BCUT2D eigenvalue weighted by atomic mass is 19.4. The van der Waals surface area contributed by atoms with Crippen LogP contribution in [0.2, 0.25) is 0 Å². The Balaban J connectivity index is 2.10. The number of halogens is 3. The third-order valence-corrected chi connectivity index (χ3v) is 2.94. The van der Waals surface area contributed by atoms with Gasteiger partial charge in [0.25, 0.3) is 11.7 Å². The fourth-order valence-corrected chi connectivity index (χ4v) is 1.81. The van der Waals surface area contributed by atoms with E-state index in [4.69, 9.17) is 9.47 Å². The highest BCUT2D eigenvalue weighted by Gasteiger charge is 2.39. The Kier molecular flexibility index (Phi) is 4.37. The summed E-state index contributed by atoms with van der Waals surface area (Å²) in [5, 5.41) is 2.13. The first kappa shape index (κ1) is 17.5. The van der Waals surface area contributed by atoms with E-state index < -0.39 is 40.9 Å². The smallest absolute Gasteiger partial charge is 0.416 e. The lowest BCUT2D eigenvalue weighted by molar-refractivity contribution is -0.222. The lowest BCUT2D eigenvalue weighted by Crippen LogP contribution is -2.42. The lowest BCUT2D eigenvalue weighted by Gasteiger charge is -2.29. The minimum absolute atomic E-state index is 0.0854. The van der Waals surface area contributed by atoms with E-state index >= 15 is 0 Å². The van der Waals surface area contributed by atoms with Crippen LogP contribution in [0.25, 0.3) is 0 Å². The van der Waals surface area contributed by atoms with Gasteiger partial charge in [0, 0.05) is 25.6 Å². The van der Waals surface area contributed by atoms with Crippen LogP contribution in [0, 0.1) is 0 Å². The zero-order valence-electron chi connectivity index (χ0n) is 12.6. The van der Waals surface area contributed by atoms with Gasteiger partial charge in [-0.05, 0) is 24.3 Å². The van der Waals surface area contributed by atoms with Crippen molar-refractivity contribution in [3.63, 3.8) is 0 Å². The normalized spacial score (nSPS) is 17.0. The number of esters is 2. The van der Waals surface area contributed by atoms with Gasteiger partial charge >= 0.3 is 18.1 Å². The van der Waals surface area contributed by atoms with Crippen molar-refractivity contribution in [3.05, 3.63) is 47.2 Å². The van der Waals surface area contributed by atoms with Crippen LogP contribution in [0.15, 0.2) is 36.0 Å². The summed E-state index contributed by atoms with van der Waals surface area (Å²) in [6, 6.07) is 3.43. The number of nitrogens with one attached hydrogen (secondary N) is 1. The number of amides is 1. The molecule has 1 aliphatic heterocycles. The predicted octanol–water partition coefficient (Wildman–Crippen LogP) is 2.16. The molecule has 2 rings (SSSR count). The summed E-state index contributed by atoms with van der Waals surface area (Å²) in [7, 11) is 0. The molecule has 1 aliphatic rings. The molecule has 0 aromatic heterocycles. The molecule has 1 saturated heterocycles. The highest BCUT2D eigenvalue weighted by molar-refractivity contribution is 6.15. The van der Waals surface area contributed by atoms with Crippen molar-refractivity contribution in [1.82, 2.24) is 5.32 Å². The van der Waals surface area contributed by atoms with Crippen LogP contribution < -0.4 is 5.32 Å². The Hall–Kier alpha value is -2.84. The average molecular weight is 343 g/mol. The molecule has 128 valence electrons. The molecule has 9 heteroatoms. The number of carbonyl (C=O) groups excluding carboxylic acids is 3. The molecule has 1 N–H and O–H groups in total. The fourth-order valence-electron chi connectivity index (χ4n) is 1.81. The van der Waals surface area contributed by atoms with Crippen LogP contribution in [-0.4, -0.2) is 23.6 Å². The number of alkyl halides is 3. The minimum Gasteiger partial charge on any atom is -0.419 e. The maximum Gasteiger partial charge on any atom is 0.416 e. The van der Waals surface area contributed by atoms with Gasteiger partial charge in [-0.2, -0.15) is 13.2 Å². The zero-order chi connectivity index (χ0) is 18.1. The third-order valence-electron chi connectivity index (χ3n) is 2.94. The van der Waals surface area contributed by atoms with Gasteiger partial charge in [-0.25, -0.2) is 9.59 Å². The van der Waals surface area contributed by atoms with Crippen molar-refractivity contribution >= 4 is 17.8 Å². The molecule has 1 heterocycles. The van der Waals surface area contributed by atoms with Crippen LogP contribution >= 0.6 is 0 Å². The molecule has 1 fully saturated rings. The Morgan fingerprint density at radius 1 is 1.08 bits per heavy atom. The maximum atomic E-state index is 12.4. The zero-order valence-corrected chi connectivity index (χ0v) is 12.6. The molecular weight excluding hydrogens is 331 g/mol. The van der Waals surface area contributed by atoms with Gasteiger partial charge < -0.3 is 14.8 Å². The standard InChI is InChI=1S/C15H12F3NO5/c1-14(2)23-12(21)10(13(22)24-14)7-19-11(20)8-3-5-9(6-4-8)15(16,17)18/h3-7H,1-2H3,(H,19,20). The van der Waals surface area contributed by atoms with Gasteiger partial charge in [-0.3, -0.25) is 4.79 Å². The van der Waals surface area contributed by atoms with E-state index in [1.54, 1.807) is 0 Å². The lowest BCUT2D eigenvalue weighted by atomic mass is 10.1. The Morgan fingerprint density at radius 2 is 1.58 bits per heavy atom. The monoisotopic (exact) mass is 343 g/mol. The largest absolute Gasteiger partial charge is 0.419 e. The van der Waals surface area contributed by atoms with Gasteiger partial charge in [0.2, 0.25) is 0 Å². The number of carbonyl (C=O) groups is 3. The predicted molar refractivity (Wildman–Crippen MR) is 73.3 cm³/mol. The van der Waals surface area contributed by atoms with E-state index in [-0.39, 0.29) is 5.56 Å². The maximum absolute atomic E-state index is 12.4. The molecule has 0 aliphatic carbocycles. The summed E-state index contributed by atoms with van der Waals surface area (Å²) in [4.78, 5) is 35.2. The molecule has 24 heavy (non-hydrogen) atoms. The Morgan fingerprint density at radius 3 is 2.04 bits per heavy atom. The second kappa shape index (κ2) is 5.99. The third kappa shape index (κ3) is 3.92. The second-order valence-corrected chi connectivity index (χ2v) is 5.29. The number of rotatable bonds is 2. The van der Waals surface area contributed by atoms with E-state index in [9.17, 15) is 27.6 Å². The molecule has 1 aromatic carbocycles. The van der Waals surface area contributed by atoms with E-state index in [0.717, 1.165) is 30.5 Å². The van der Waals surface area contributed by atoms with E-state index in [1.807, 2.05) is 0 Å². The number of benzene rings is 1. The number of cyclic esters (lactones) is 2. The van der Waals surface area contributed by atoms with Gasteiger partial charge in [-0.1, -0.05) is 0 Å². The van der Waals surface area contributed by atoms with E-state index in [0.29, 0.717) is 0 Å². The quantitative estimate of drug-likeness (QED) is 0.506. The summed E-state index contributed by atoms with van der Waals surface area (Å²) < 4.78 is 47.0. The molecule has 0 spiro atoms. The molecule has 1 amide bonds. The van der Waals surface area contributed by atoms with Gasteiger partial charge in [0.05, 0.1) is 5.56 Å². The molecule has 0 saturated carbocycles. The minimum atomic E-state index is -4.51. The molecule has 6 nitrogen and oxygen atoms in total. The van der Waals surface area contributed by atoms with E-state index in [1.165, 1.54) is 13.8 Å². The summed E-state index contributed by atoms with van der Waals surface area (Å²) in [6.45, 7) is 2.72. The van der Waals surface area contributed by atoms with Crippen molar-refractivity contribution in [1.29, 1.82) is 0 Å². The van der Waals surface area contributed by atoms with E-state index in [2.05, 4.69) is 5.32 Å².